The summed E-state index contributed by atoms with van der Waals surface area (Å²) in [6.07, 6.45) is 3.60. The van der Waals surface area contributed by atoms with Gasteiger partial charge in [-0.3, -0.25) is 0 Å². The molecule has 1 N–H and O–H groups in total. The molecule has 2 aromatic rings. The minimum absolute atomic E-state index is 0.433. The van der Waals surface area contributed by atoms with Gasteiger partial charge in [0.1, 0.15) is 5.82 Å². The lowest BCUT2D eigenvalue weighted by Gasteiger charge is -2.13. The molecule has 96 valence electrons. The first-order valence-electron chi connectivity index (χ1n) is 6.68. The Kier molecular flexibility index (Phi) is 3.39. The molecule has 4 heteroatoms. The summed E-state index contributed by atoms with van der Waals surface area (Å²) in [4.78, 5) is 4.84. The number of aromatic nitrogens is 2. The minimum Gasteiger partial charge on any atom is -0.327 e. The molecule has 3 rings (SSSR count). The van der Waals surface area contributed by atoms with E-state index in [1.807, 2.05) is 0 Å². The van der Waals surface area contributed by atoms with Gasteiger partial charge in [-0.25, -0.2) is 4.98 Å². The molecular formula is C14H18BrN3. The Bertz CT molecular complexity index is 555. The fourth-order valence-corrected chi connectivity index (χ4v) is 3.10. The Morgan fingerprint density at radius 2 is 2.39 bits per heavy atom. The average molecular weight is 308 g/mol. The van der Waals surface area contributed by atoms with E-state index in [1.165, 1.54) is 24.2 Å². The van der Waals surface area contributed by atoms with E-state index in [9.17, 15) is 0 Å². The number of halogens is 1. The molecule has 3 nitrogen and oxygen atoms in total. The number of nitrogens with one attached hydrogen (secondary N) is 1. The van der Waals surface area contributed by atoms with Crippen molar-refractivity contribution < 1.29 is 0 Å². The highest BCUT2D eigenvalue weighted by molar-refractivity contribution is 9.10. The standard InChI is InChI=1S/C14H18BrN3/c1-2-8-18-13-6-5-10(15)9-12(13)17-14(18)11-4-3-7-16-11/h5-6,9,11,16H,2-4,7-8H2,1H3. The Morgan fingerprint density at radius 1 is 1.50 bits per heavy atom. The van der Waals surface area contributed by atoms with Crippen LogP contribution in [0.5, 0.6) is 0 Å². The fourth-order valence-electron chi connectivity index (χ4n) is 2.75. The summed E-state index contributed by atoms with van der Waals surface area (Å²) in [5.41, 5.74) is 2.35. The van der Waals surface area contributed by atoms with E-state index in [2.05, 4.69) is 50.9 Å². The van der Waals surface area contributed by atoms with Crippen molar-refractivity contribution in [1.82, 2.24) is 14.9 Å². The van der Waals surface area contributed by atoms with E-state index in [4.69, 9.17) is 4.98 Å². The Hall–Kier alpha value is -0.870. The number of imidazole rings is 1. The van der Waals surface area contributed by atoms with Gasteiger partial charge in [0.15, 0.2) is 0 Å². The molecule has 0 radical (unpaired) electrons. The molecule has 1 atom stereocenters. The molecule has 1 aliphatic rings. The average Bonchev–Trinajstić information content (AvgIpc) is 2.97. The maximum Gasteiger partial charge on any atom is 0.127 e. The fraction of sp³-hybridized carbons (Fsp3) is 0.500. The number of aryl methyl sites for hydroxylation is 1. The van der Waals surface area contributed by atoms with E-state index >= 15 is 0 Å². The third kappa shape index (κ3) is 2.08. The van der Waals surface area contributed by atoms with Crippen LogP contribution in [0.3, 0.4) is 0 Å². The molecule has 18 heavy (non-hydrogen) atoms. The van der Waals surface area contributed by atoms with Crippen LogP contribution < -0.4 is 5.32 Å². The van der Waals surface area contributed by atoms with E-state index in [-0.39, 0.29) is 0 Å². The maximum atomic E-state index is 4.84. The van der Waals surface area contributed by atoms with Gasteiger partial charge in [0, 0.05) is 11.0 Å². The van der Waals surface area contributed by atoms with Crippen molar-refractivity contribution >= 4 is 27.0 Å². The van der Waals surface area contributed by atoms with Gasteiger partial charge in [0.2, 0.25) is 0 Å². The van der Waals surface area contributed by atoms with Crippen molar-refractivity contribution in [3.8, 4) is 0 Å². The molecule has 0 aliphatic carbocycles. The predicted octanol–water partition coefficient (Wildman–Crippen LogP) is 3.63. The molecule has 0 saturated carbocycles. The van der Waals surface area contributed by atoms with Crippen molar-refractivity contribution in [2.24, 2.45) is 0 Å². The highest BCUT2D eigenvalue weighted by Crippen LogP contribution is 2.28. The van der Waals surface area contributed by atoms with Crippen molar-refractivity contribution in [1.29, 1.82) is 0 Å². The van der Waals surface area contributed by atoms with E-state index in [0.29, 0.717) is 6.04 Å². The summed E-state index contributed by atoms with van der Waals surface area (Å²) in [5.74, 6) is 1.21. The maximum absolute atomic E-state index is 4.84. The molecular weight excluding hydrogens is 290 g/mol. The minimum atomic E-state index is 0.433. The zero-order valence-electron chi connectivity index (χ0n) is 10.6. The second-order valence-corrected chi connectivity index (χ2v) is 5.82. The Balaban J connectivity index is 2.13. The number of fused-ring (bicyclic) bond motifs is 1. The van der Waals surface area contributed by atoms with Gasteiger partial charge < -0.3 is 9.88 Å². The van der Waals surface area contributed by atoms with Crippen LogP contribution in [-0.2, 0) is 6.54 Å². The van der Waals surface area contributed by atoms with Crippen molar-refractivity contribution in [2.45, 2.75) is 38.8 Å². The summed E-state index contributed by atoms with van der Waals surface area (Å²) >= 11 is 3.52. The van der Waals surface area contributed by atoms with Gasteiger partial charge in [-0.05, 0) is 44.0 Å². The van der Waals surface area contributed by atoms with Crippen LogP contribution in [0.25, 0.3) is 11.0 Å². The topological polar surface area (TPSA) is 29.9 Å². The molecule has 0 amide bonds. The first kappa shape index (κ1) is 12.2. The second-order valence-electron chi connectivity index (χ2n) is 4.90. The summed E-state index contributed by atoms with van der Waals surface area (Å²) in [6.45, 7) is 4.38. The van der Waals surface area contributed by atoms with Crippen LogP contribution in [-0.4, -0.2) is 16.1 Å². The van der Waals surface area contributed by atoms with Crippen molar-refractivity contribution in [3.05, 3.63) is 28.5 Å². The normalized spacial score (nSPS) is 19.8. The molecule has 1 aromatic heterocycles. The predicted molar refractivity (Wildman–Crippen MR) is 77.7 cm³/mol. The number of hydrogen-bond donors (Lipinski definition) is 1. The molecule has 1 unspecified atom stereocenters. The van der Waals surface area contributed by atoms with E-state index in [0.717, 1.165) is 29.5 Å². The van der Waals surface area contributed by atoms with Crippen LogP contribution in [0.15, 0.2) is 22.7 Å². The number of benzene rings is 1. The SMILES string of the molecule is CCCn1c(C2CCCN2)nc2cc(Br)ccc21. The Labute approximate surface area is 116 Å². The zero-order chi connectivity index (χ0) is 12.5. The molecule has 0 spiro atoms. The first-order chi connectivity index (χ1) is 8.79. The summed E-state index contributed by atoms with van der Waals surface area (Å²) < 4.78 is 3.48. The largest absolute Gasteiger partial charge is 0.327 e. The summed E-state index contributed by atoms with van der Waals surface area (Å²) in [6, 6.07) is 6.81. The molecule has 1 aliphatic heterocycles. The van der Waals surface area contributed by atoms with E-state index < -0.39 is 0 Å². The third-order valence-electron chi connectivity index (χ3n) is 3.56. The molecule has 0 bridgehead atoms. The lowest BCUT2D eigenvalue weighted by molar-refractivity contribution is 0.550. The van der Waals surface area contributed by atoms with Gasteiger partial charge in [0.05, 0.1) is 17.1 Å². The van der Waals surface area contributed by atoms with Crippen molar-refractivity contribution in [2.75, 3.05) is 6.54 Å². The molecule has 1 fully saturated rings. The highest BCUT2D eigenvalue weighted by Gasteiger charge is 2.22. The lowest BCUT2D eigenvalue weighted by atomic mass is 10.2. The van der Waals surface area contributed by atoms with Crippen LogP contribution >= 0.6 is 15.9 Å². The third-order valence-corrected chi connectivity index (χ3v) is 4.05. The van der Waals surface area contributed by atoms with Gasteiger partial charge >= 0.3 is 0 Å². The van der Waals surface area contributed by atoms with Crippen LogP contribution in [0.2, 0.25) is 0 Å². The monoisotopic (exact) mass is 307 g/mol. The van der Waals surface area contributed by atoms with E-state index in [1.54, 1.807) is 0 Å². The van der Waals surface area contributed by atoms with Gasteiger partial charge in [-0.15, -0.1) is 0 Å². The smallest absolute Gasteiger partial charge is 0.127 e. The molecule has 1 saturated heterocycles. The summed E-state index contributed by atoms with van der Waals surface area (Å²) in [5, 5.41) is 3.55. The number of hydrogen-bond acceptors (Lipinski definition) is 2. The first-order valence-corrected chi connectivity index (χ1v) is 7.48. The quantitative estimate of drug-likeness (QED) is 0.938. The summed E-state index contributed by atoms with van der Waals surface area (Å²) in [7, 11) is 0. The number of nitrogens with zero attached hydrogens (tertiary/aromatic N) is 2. The second kappa shape index (κ2) is 5.02. The van der Waals surface area contributed by atoms with Crippen molar-refractivity contribution in [3.63, 3.8) is 0 Å². The zero-order valence-corrected chi connectivity index (χ0v) is 12.2. The highest BCUT2D eigenvalue weighted by atomic mass is 79.9. The van der Waals surface area contributed by atoms with Gasteiger partial charge in [-0.1, -0.05) is 22.9 Å². The van der Waals surface area contributed by atoms with Crippen LogP contribution in [0, 0.1) is 0 Å². The number of rotatable bonds is 3. The van der Waals surface area contributed by atoms with Crippen LogP contribution in [0.4, 0.5) is 0 Å². The Morgan fingerprint density at radius 3 is 3.11 bits per heavy atom. The lowest BCUT2D eigenvalue weighted by Crippen LogP contribution is -2.18. The van der Waals surface area contributed by atoms with Gasteiger partial charge in [0.25, 0.3) is 0 Å². The molecule has 1 aromatic carbocycles. The van der Waals surface area contributed by atoms with Gasteiger partial charge in [-0.2, -0.15) is 0 Å². The van der Waals surface area contributed by atoms with Crippen LogP contribution in [0.1, 0.15) is 38.1 Å². The molecule has 2 heterocycles.